The standard InChI is InChI=1S/C16H19N5O2S/c1-9-10(2)13-6-21(7-14(13)18-11(9)3)16(22)23-12-4-20(5-12)15-19-17-8-24-15/h8,12H,4-7H2,1-3H3. The maximum atomic E-state index is 12.4. The number of hydrogen-bond donors (Lipinski definition) is 0. The topological polar surface area (TPSA) is 71.5 Å². The second-order valence-electron chi connectivity index (χ2n) is 6.36. The first kappa shape index (κ1) is 15.3. The molecule has 0 radical (unpaired) electrons. The van der Waals surface area contributed by atoms with E-state index in [1.807, 2.05) is 6.92 Å². The molecule has 2 aromatic heterocycles. The molecule has 0 unspecified atom stereocenters. The number of aromatic nitrogens is 3. The SMILES string of the molecule is Cc1nc2c(c(C)c1C)CN(C(=O)OC1CN(c3nncs3)C1)C2. The molecule has 0 atom stereocenters. The number of aryl methyl sites for hydroxylation is 1. The summed E-state index contributed by atoms with van der Waals surface area (Å²) in [5.74, 6) is 0. The molecule has 4 rings (SSSR count). The molecular formula is C16H19N5O2S. The highest BCUT2D eigenvalue weighted by Gasteiger charge is 2.35. The van der Waals surface area contributed by atoms with Crippen LogP contribution in [0.4, 0.5) is 9.93 Å². The minimum atomic E-state index is -0.260. The Morgan fingerprint density at radius 1 is 1.25 bits per heavy atom. The van der Waals surface area contributed by atoms with Crippen LogP contribution < -0.4 is 4.90 Å². The lowest BCUT2D eigenvalue weighted by Gasteiger charge is -2.38. The van der Waals surface area contributed by atoms with Crippen molar-refractivity contribution in [3.63, 3.8) is 0 Å². The number of carbonyl (C=O) groups excluding carboxylic acids is 1. The Bertz CT molecular complexity index is 786. The van der Waals surface area contributed by atoms with Crippen LogP contribution in [0, 0.1) is 20.8 Å². The third-order valence-corrected chi connectivity index (χ3v) is 5.64. The van der Waals surface area contributed by atoms with E-state index >= 15 is 0 Å². The number of carbonyl (C=O) groups is 1. The van der Waals surface area contributed by atoms with E-state index in [9.17, 15) is 4.79 Å². The largest absolute Gasteiger partial charge is 0.442 e. The Morgan fingerprint density at radius 2 is 2.04 bits per heavy atom. The Labute approximate surface area is 144 Å². The molecule has 1 amide bonds. The quantitative estimate of drug-likeness (QED) is 0.831. The summed E-state index contributed by atoms with van der Waals surface area (Å²) in [5, 5.41) is 8.72. The third kappa shape index (κ3) is 2.50. The lowest BCUT2D eigenvalue weighted by atomic mass is 10.0. The fraction of sp³-hybridized carbons (Fsp3) is 0.500. The number of nitrogens with zero attached hydrogens (tertiary/aromatic N) is 5. The molecular weight excluding hydrogens is 326 g/mol. The number of fused-ring (bicyclic) bond motifs is 1. The average molecular weight is 345 g/mol. The van der Waals surface area contributed by atoms with Crippen LogP contribution in [0.15, 0.2) is 5.51 Å². The molecule has 0 N–H and O–H groups in total. The molecule has 1 saturated heterocycles. The minimum Gasteiger partial charge on any atom is -0.442 e. The van der Waals surface area contributed by atoms with Gasteiger partial charge in [0.25, 0.3) is 0 Å². The monoisotopic (exact) mass is 345 g/mol. The first-order chi connectivity index (χ1) is 11.5. The number of pyridine rings is 1. The minimum absolute atomic E-state index is 0.0809. The van der Waals surface area contributed by atoms with Gasteiger partial charge in [0.05, 0.1) is 31.9 Å². The summed E-state index contributed by atoms with van der Waals surface area (Å²) >= 11 is 1.49. The molecule has 4 heterocycles. The van der Waals surface area contributed by atoms with E-state index in [0.717, 1.165) is 16.5 Å². The highest BCUT2D eigenvalue weighted by atomic mass is 32.1. The summed E-state index contributed by atoms with van der Waals surface area (Å²) in [4.78, 5) is 20.9. The van der Waals surface area contributed by atoms with Gasteiger partial charge in [-0.25, -0.2) is 4.79 Å². The first-order valence-corrected chi connectivity index (χ1v) is 8.83. The van der Waals surface area contributed by atoms with E-state index in [1.165, 1.54) is 28.0 Å². The van der Waals surface area contributed by atoms with E-state index in [2.05, 4.69) is 33.9 Å². The molecule has 0 spiro atoms. The number of hydrogen-bond acceptors (Lipinski definition) is 7. The summed E-state index contributed by atoms with van der Waals surface area (Å²) in [6, 6.07) is 0. The summed E-state index contributed by atoms with van der Waals surface area (Å²) in [5.41, 5.74) is 7.34. The second kappa shape index (κ2) is 5.70. The highest BCUT2D eigenvalue weighted by Crippen LogP contribution is 2.29. The van der Waals surface area contributed by atoms with Gasteiger partial charge in [-0.3, -0.25) is 9.88 Å². The van der Waals surface area contributed by atoms with E-state index in [0.29, 0.717) is 26.2 Å². The Kier molecular flexibility index (Phi) is 3.64. The predicted octanol–water partition coefficient (Wildman–Crippen LogP) is 2.20. The molecule has 0 aliphatic carbocycles. The van der Waals surface area contributed by atoms with Crippen LogP contribution in [0.2, 0.25) is 0 Å². The average Bonchev–Trinajstić information content (AvgIpc) is 3.17. The maximum Gasteiger partial charge on any atom is 0.410 e. The van der Waals surface area contributed by atoms with Crippen LogP contribution in [0.5, 0.6) is 0 Å². The van der Waals surface area contributed by atoms with Crippen LogP contribution in [-0.2, 0) is 17.8 Å². The fourth-order valence-electron chi connectivity index (χ4n) is 3.16. The first-order valence-electron chi connectivity index (χ1n) is 7.95. The molecule has 2 aromatic rings. The Hall–Kier alpha value is -2.22. The summed E-state index contributed by atoms with van der Waals surface area (Å²) in [6.07, 6.45) is -0.340. The lowest BCUT2D eigenvalue weighted by Crippen LogP contribution is -2.54. The van der Waals surface area contributed by atoms with E-state index < -0.39 is 0 Å². The van der Waals surface area contributed by atoms with Crippen molar-refractivity contribution in [2.45, 2.75) is 40.0 Å². The molecule has 2 aliphatic rings. The van der Waals surface area contributed by atoms with Crippen LogP contribution >= 0.6 is 11.3 Å². The van der Waals surface area contributed by atoms with Crippen molar-refractivity contribution in [1.29, 1.82) is 0 Å². The van der Waals surface area contributed by atoms with Gasteiger partial charge in [-0.15, -0.1) is 10.2 Å². The zero-order valence-electron chi connectivity index (χ0n) is 13.9. The van der Waals surface area contributed by atoms with Gasteiger partial charge >= 0.3 is 6.09 Å². The van der Waals surface area contributed by atoms with Gasteiger partial charge in [-0.05, 0) is 37.5 Å². The van der Waals surface area contributed by atoms with E-state index in [1.54, 1.807) is 10.4 Å². The van der Waals surface area contributed by atoms with Crippen molar-refractivity contribution >= 4 is 22.6 Å². The second-order valence-corrected chi connectivity index (χ2v) is 7.17. The van der Waals surface area contributed by atoms with Gasteiger partial charge in [-0.2, -0.15) is 0 Å². The van der Waals surface area contributed by atoms with Gasteiger partial charge in [-0.1, -0.05) is 11.3 Å². The zero-order chi connectivity index (χ0) is 16.8. The highest BCUT2D eigenvalue weighted by molar-refractivity contribution is 7.13. The summed E-state index contributed by atoms with van der Waals surface area (Å²) in [7, 11) is 0. The van der Waals surface area contributed by atoms with E-state index in [-0.39, 0.29) is 12.2 Å². The molecule has 0 saturated carbocycles. The van der Waals surface area contributed by atoms with Crippen molar-refractivity contribution in [2.75, 3.05) is 18.0 Å². The van der Waals surface area contributed by atoms with Crippen LogP contribution in [0.1, 0.15) is 28.1 Å². The van der Waals surface area contributed by atoms with Crippen molar-refractivity contribution in [2.24, 2.45) is 0 Å². The normalized spacial score (nSPS) is 17.0. The van der Waals surface area contributed by atoms with Crippen molar-refractivity contribution in [3.8, 4) is 0 Å². The van der Waals surface area contributed by atoms with E-state index in [4.69, 9.17) is 4.74 Å². The van der Waals surface area contributed by atoms with Gasteiger partial charge < -0.3 is 9.64 Å². The zero-order valence-corrected chi connectivity index (χ0v) is 14.8. The van der Waals surface area contributed by atoms with Crippen molar-refractivity contribution < 1.29 is 9.53 Å². The molecule has 0 bridgehead atoms. The van der Waals surface area contributed by atoms with Gasteiger partial charge in [0.2, 0.25) is 5.13 Å². The molecule has 8 heteroatoms. The predicted molar refractivity (Wildman–Crippen MR) is 90.1 cm³/mol. The number of ether oxygens (including phenoxy) is 1. The Morgan fingerprint density at radius 3 is 2.75 bits per heavy atom. The summed E-state index contributed by atoms with van der Waals surface area (Å²) < 4.78 is 5.60. The van der Waals surface area contributed by atoms with Crippen LogP contribution in [0.25, 0.3) is 0 Å². The van der Waals surface area contributed by atoms with Gasteiger partial charge in [0.15, 0.2) is 0 Å². The third-order valence-electron chi connectivity index (χ3n) is 4.89. The maximum absolute atomic E-state index is 12.4. The van der Waals surface area contributed by atoms with Crippen LogP contribution in [0.3, 0.4) is 0 Å². The summed E-state index contributed by atoms with van der Waals surface area (Å²) in [6.45, 7) is 8.66. The molecule has 0 aromatic carbocycles. The molecule has 24 heavy (non-hydrogen) atoms. The number of rotatable bonds is 2. The van der Waals surface area contributed by atoms with Crippen molar-refractivity contribution in [1.82, 2.24) is 20.1 Å². The van der Waals surface area contributed by atoms with Gasteiger partial charge in [0.1, 0.15) is 11.6 Å². The Balaban J connectivity index is 1.36. The fourth-order valence-corrected chi connectivity index (χ4v) is 3.74. The molecule has 2 aliphatic heterocycles. The molecule has 126 valence electrons. The molecule has 1 fully saturated rings. The van der Waals surface area contributed by atoms with Gasteiger partial charge in [0, 0.05) is 5.69 Å². The molecule has 7 nitrogen and oxygen atoms in total. The number of anilines is 1. The lowest BCUT2D eigenvalue weighted by molar-refractivity contribution is 0.0490. The van der Waals surface area contributed by atoms with Crippen molar-refractivity contribution in [3.05, 3.63) is 33.6 Å². The van der Waals surface area contributed by atoms with Crippen LogP contribution in [-0.4, -0.2) is 45.4 Å². The number of amides is 1. The smallest absolute Gasteiger partial charge is 0.410 e.